The zero-order chi connectivity index (χ0) is 17.8. The van der Waals surface area contributed by atoms with Gasteiger partial charge in [-0.15, -0.1) is 0 Å². The SMILES string of the molecule is CN(C)[S+](N(C)C)N(C)C.[O-]C(F)(F)C(F)(F)C(F)(F)F. The van der Waals surface area contributed by atoms with E-state index < -0.39 is 18.2 Å². The van der Waals surface area contributed by atoms with Crippen molar-refractivity contribution in [1.29, 1.82) is 0 Å². The molecule has 0 aromatic rings. The van der Waals surface area contributed by atoms with Crippen molar-refractivity contribution in [2.45, 2.75) is 18.2 Å². The van der Waals surface area contributed by atoms with E-state index in [2.05, 4.69) is 55.2 Å². The number of halogens is 7. The smallest absolute Gasteiger partial charge is 0.458 e. The molecule has 0 aromatic heterocycles. The van der Waals surface area contributed by atoms with Gasteiger partial charge in [0, 0.05) is 42.3 Å². The normalized spacial score (nSPS) is 14.0. The van der Waals surface area contributed by atoms with Gasteiger partial charge in [0.1, 0.15) is 0 Å². The van der Waals surface area contributed by atoms with Gasteiger partial charge < -0.3 is 5.11 Å². The molecule has 12 heteroatoms. The maximum absolute atomic E-state index is 11.2. The summed E-state index contributed by atoms with van der Waals surface area (Å²) in [5, 5.41) is 8.97. The summed E-state index contributed by atoms with van der Waals surface area (Å²) in [5.74, 6) is -6.51. The monoisotopic (exact) mass is 349 g/mol. The lowest BCUT2D eigenvalue weighted by molar-refractivity contribution is -0.629. The zero-order valence-electron chi connectivity index (χ0n) is 12.3. The fourth-order valence-electron chi connectivity index (χ4n) is 1.14. The maximum atomic E-state index is 11.2. The van der Waals surface area contributed by atoms with Crippen LogP contribution < -0.4 is 5.11 Å². The molecule has 0 saturated carbocycles. The lowest BCUT2D eigenvalue weighted by Gasteiger charge is -2.31. The van der Waals surface area contributed by atoms with Gasteiger partial charge in [0.2, 0.25) is 0 Å². The number of nitrogens with zero attached hydrogens (tertiary/aromatic N) is 3. The van der Waals surface area contributed by atoms with Crippen LogP contribution in [0.15, 0.2) is 0 Å². The van der Waals surface area contributed by atoms with Gasteiger partial charge in [-0.25, -0.2) is 8.78 Å². The van der Waals surface area contributed by atoms with Crippen LogP contribution in [0.3, 0.4) is 0 Å². The lowest BCUT2D eigenvalue weighted by Crippen LogP contribution is -2.59. The summed E-state index contributed by atoms with van der Waals surface area (Å²) in [5.41, 5.74) is 0. The second-order valence-corrected chi connectivity index (χ2v) is 6.95. The van der Waals surface area contributed by atoms with E-state index >= 15 is 0 Å². The third-order valence-electron chi connectivity index (χ3n) is 1.70. The Morgan fingerprint density at radius 2 is 0.905 bits per heavy atom. The Bertz CT molecular complexity index is 270. The van der Waals surface area contributed by atoms with Gasteiger partial charge in [-0.2, -0.15) is 22.0 Å². The highest BCUT2D eigenvalue weighted by atomic mass is 32.2. The van der Waals surface area contributed by atoms with Crippen molar-refractivity contribution in [1.82, 2.24) is 12.9 Å². The number of hydrogen-bond acceptors (Lipinski definition) is 4. The first-order chi connectivity index (χ1) is 8.96. The largest absolute Gasteiger partial charge is 0.793 e. The maximum Gasteiger partial charge on any atom is 0.458 e. The Morgan fingerprint density at radius 3 is 0.905 bits per heavy atom. The van der Waals surface area contributed by atoms with Crippen molar-refractivity contribution in [3.05, 3.63) is 0 Å². The molecular weight excluding hydrogens is 331 g/mol. The molecule has 0 spiro atoms. The molecule has 0 aliphatic rings. The molecular formula is C9H18F7N3OS. The van der Waals surface area contributed by atoms with Crippen molar-refractivity contribution >= 4 is 11.5 Å². The third kappa shape index (κ3) is 7.00. The lowest BCUT2D eigenvalue weighted by atomic mass is 10.3. The molecule has 0 rings (SSSR count). The van der Waals surface area contributed by atoms with Crippen molar-refractivity contribution in [3.8, 4) is 0 Å². The van der Waals surface area contributed by atoms with Crippen LogP contribution in [-0.4, -0.2) is 73.4 Å². The van der Waals surface area contributed by atoms with Crippen LogP contribution in [0, 0.1) is 0 Å². The first-order valence-corrected chi connectivity index (χ1v) is 6.35. The third-order valence-corrected chi connectivity index (χ3v) is 3.66. The molecule has 0 aromatic carbocycles. The Balaban J connectivity index is 0. The summed E-state index contributed by atoms with van der Waals surface area (Å²) in [7, 11) is 12.5. The van der Waals surface area contributed by atoms with Crippen molar-refractivity contribution < 1.29 is 35.8 Å². The molecule has 4 nitrogen and oxygen atoms in total. The Labute approximate surface area is 121 Å². The molecule has 0 radical (unpaired) electrons. The first kappa shape index (κ1) is 23.0. The fourth-order valence-corrected chi connectivity index (χ4v) is 3.10. The number of hydrogen-bond donors (Lipinski definition) is 0. The van der Waals surface area contributed by atoms with E-state index in [4.69, 9.17) is 5.11 Å². The molecule has 0 aliphatic carbocycles. The van der Waals surface area contributed by atoms with E-state index in [0.29, 0.717) is 0 Å². The summed E-state index contributed by atoms with van der Waals surface area (Å²) in [4.78, 5) is 0. The minimum absolute atomic E-state index is 0.120. The van der Waals surface area contributed by atoms with Crippen molar-refractivity contribution in [3.63, 3.8) is 0 Å². The van der Waals surface area contributed by atoms with Gasteiger partial charge in [-0.1, -0.05) is 12.9 Å². The molecule has 0 saturated heterocycles. The Kier molecular flexibility index (Phi) is 8.54. The molecule has 0 N–H and O–H groups in total. The average molecular weight is 349 g/mol. The molecule has 0 heterocycles. The van der Waals surface area contributed by atoms with Gasteiger partial charge in [0.05, 0.1) is 0 Å². The van der Waals surface area contributed by atoms with Crippen LogP contribution in [0.4, 0.5) is 30.7 Å². The highest BCUT2D eigenvalue weighted by Crippen LogP contribution is 2.43. The highest BCUT2D eigenvalue weighted by molar-refractivity contribution is 7.90. The second-order valence-electron chi connectivity index (χ2n) is 4.27. The van der Waals surface area contributed by atoms with Gasteiger partial charge in [0.25, 0.3) is 17.6 Å². The van der Waals surface area contributed by atoms with Crippen LogP contribution in [0.25, 0.3) is 0 Å². The van der Waals surface area contributed by atoms with Gasteiger partial charge >= 0.3 is 12.1 Å². The number of rotatable bonds is 4. The molecule has 130 valence electrons. The molecule has 21 heavy (non-hydrogen) atoms. The summed E-state index contributed by atoms with van der Waals surface area (Å²) >= 11 is 0.120. The Hall–Kier alpha value is -0.300. The van der Waals surface area contributed by atoms with Crippen molar-refractivity contribution in [2.75, 3.05) is 42.3 Å². The summed E-state index contributed by atoms with van der Waals surface area (Å²) in [6, 6.07) is 0. The molecule has 0 amide bonds. The quantitative estimate of drug-likeness (QED) is 0.564. The van der Waals surface area contributed by atoms with Crippen LogP contribution in [0.2, 0.25) is 0 Å². The summed E-state index contributed by atoms with van der Waals surface area (Å²) < 4.78 is 83.7. The van der Waals surface area contributed by atoms with Crippen LogP contribution in [-0.2, 0) is 11.5 Å². The Morgan fingerprint density at radius 1 is 0.667 bits per heavy atom. The average Bonchev–Trinajstić information content (AvgIpc) is 2.11. The van der Waals surface area contributed by atoms with Crippen molar-refractivity contribution in [2.24, 2.45) is 0 Å². The summed E-state index contributed by atoms with van der Waals surface area (Å²) in [6.45, 7) is 0. The molecule has 0 aliphatic heterocycles. The first-order valence-electron chi connectivity index (χ1n) is 5.26. The van der Waals surface area contributed by atoms with Gasteiger partial charge in [-0.3, -0.25) is 0 Å². The van der Waals surface area contributed by atoms with Gasteiger partial charge in [0.15, 0.2) is 0 Å². The van der Waals surface area contributed by atoms with E-state index in [1.165, 1.54) is 0 Å². The standard InChI is InChI=1S/C6H18N3S.C3F7O/c1-7(2)10(8(3)4)9(5)6;4-1(5,2(6,7)8)3(9,10)11/h1-6H3;/q+1;-1. The summed E-state index contributed by atoms with van der Waals surface area (Å²) in [6.07, 6.45) is -12.8. The van der Waals surface area contributed by atoms with Gasteiger partial charge in [-0.05, 0) is 0 Å². The zero-order valence-corrected chi connectivity index (χ0v) is 13.1. The number of alkyl halides is 7. The predicted octanol–water partition coefficient (Wildman–Crippen LogP) is 1.17. The minimum atomic E-state index is -6.52. The van der Waals surface area contributed by atoms with Crippen LogP contribution >= 0.6 is 0 Å². The van der Waals surface area contributed by atoms with E-state index in [1.807, 2.05) is 0 Å². The fraction of sp³-hybridized carbons (Fsp3) is 1.00. The topological polar surface area (TPSA) is 32.8 Å². The predicted molar refractivity (Wildman–Crippen MR) is 64.4 cm³/mol. The van der Waals surface area contributed by atoms with E-state index in [1.54, 1.807) is 0 Å². The van der Waals surface area contributed by atoms with E-state index in [0.717, 1.165) is 0 Å². The molecule has 0 unspecified atom stereocenters. The second kappa shape index (κ2) is 7.81. The molecule has 0 atom stereocenters. The van der Waals surface area contributed by atoms with Crippen LogP contribution in [0.1, 0.15) is 0 Å². The molecule has 0 bridgehead atoms. The highest BCUT2D eigenvalue weighted by Gasteiger charge is 2.67. The van der Waals surface area contributed by atoms with E-state index in [9.17, 15) is 30.7 Å². The van der Waals surface area contributed by atoms with E-state index in [-0.39, 0.29) is 11.5 Å². The molecule has 0 fully saturated rings. The minimum Gasteiger partial charge on any atom is -0.793 e. The van der Waals surface area contributed by atoms with Crippen LogP contribution in [0.5, 0.6) is 0 Å².